The van der Waals surface area contributed by atoms with Gasteiger partial charge in [0.2, 0.25) is 0 Å². The fourth-order valence-electron chi connectivity index (χ4n) is 0.604. The lowest BCUT2D eigenvalue weighted by atomic mass is 10.1. The first-order valence-corrected chi connectivity index (χ1v) is 3.41. The average Bonchev–Trinajstić information content (AvgIpc) is 1.82. The zero-order chi connectivity index (χ0) is 8.15. The van der Waals surface area contributed by atoms with Gasteiger partial charge in [-0.25, -0.2) is 0 Å². The van der Waals surface area contributed by atoms with E-state index in [1.165, 1.54) is 6.92 Å². The molecule has 0 heterocycles. The summed E-state index contributed by atoms with van der Waals surface area (Å²) >= 11 is 0. The minimum Gasteiger partial charge on any atom is -0.391 e. The van der Waals surface area contributed by atoms with Crippen LogP contribution in [-0.2, 0) is 0 Å². The van der Waals surface area contributed by atoms with Crippen molar-refractivity contribution in [2.75, 3.05) is 0 Å². The molecule has 62 valence electrons. The molecule has 0 spiro atoms. The highest BCUT2D eigenvalue weighted by atomic mass is 16.3. The van der Waals surface area contributed by atoms with Crippen LogP contribution in [0.3, 0.4) is 0 Å². The SMILES string of the molecule is CC(O)C(O)CCC(N)N. The highest BCUT2D eigenvalue weighted by molar-refractivity contribution is 4.64. The van der Waals surface area contributed by atoms with Crippen LogP contribution in [0.1, 0.15) is 19.8 Å². The van der Waals surface area contributed by atoms with Crippen LogP contribution in [0, 0.1) is 0 Å². The second-order valence-electron chi connectivity index (χ2n) is 2.55. The van der Waals surface area contributed by atoms with Crippen LogP contribution in [0.2, 0.25) is 0 Å². The molecule has 2 unspecified atom stereocenters. The minimum absolute atomic E-state index is 0.395. The van der Waals surface area contributed by atoms with Gasteiger partial charge in [0.15, 0.2) is 0 Å². The van der Waals surface area contributed by atoms with Crippen LogP contribution in [0.15, 0.2) is 0 Å². The number of nitrogens with two attached hydrogens (primary N) is 2. The van der Waals surface area contributed by atoms with Gasteiger partial charge in [-0.1, -0.05) is 0 Å². The molecule has 6 N–H and O–H groups in total. The Morgan fingerprint density at radius 2 is 1.70 bits per heavy atom. The van der Waals surface area contributed by atoms with Crippen LogP contribution in [0.25, 0.3) is 0 Å². The smallest absolute Gasteiger partial charge is 0.0797 e. The third-order valence-corrected chi connectivity index (χ3v) is 1.35. The maximum atomic E-state index is 9.01. The molecule has 0 saturated carbocycles. The topological polar surface area (TPSA) is 92.5 Å². The van der Waals surface area contributed by atoms with Gasteiger partial charge in [0, 0.05) is 0 Å². The molecule has 4 heteroatoms. The van der Waals surface area contributed by atoms with Crippen LogP contribution >= 0.6 is 0 Å². The molecule has 10 heavy (non-hydrogen) atoms. The van der Waals surface area contributed by atoms with Crippen LogP contribution in [0.4, 0.5) is 0 Å². The van der Waals surface area contributed by atoms with Crippen molar-refractivity contribution >= 4 is 0 Å². The molecule has 0 saturated heterocycles. The first-order valence-electron chi connectivity index (χ1n) is 3.41. The molecule has 0 rings (SSSR count). The van der Waals surface area contributed by atoms with Crippen LogP contribution in [-0.4, -0.2) is 28.6 Å². The lowest BCUT2D eigenvalue weighted by Gasteiger charge is -2.13. The lowest BCUT2D eigenvalue weighted by molar-refractivity contribution is 0.0241. The van der Waals surface area contributed by atoms with Crippen molar-refractivity contribution in [2.45, 2.75) is 38.1 Å². The number of aliphatic hydroxyl groups excluding tert-OH is 2. The highest BCUT2D eigenvalue weighted by Crippen LogP contribution is 2.01. The number of hydrogen-bond acceptors (Lipinski definition) is 4. The second kappa shape index (κ2) is 4.62. The van der Waals surface area contributed by atoms with E-state index >= 15 is 0 Å². The van der Waals surface area contributed by atoms with E-state index in [9.17, 15) is 0 Å². The summed E-state index contributed by atoms with van der Waals surface area (Å²) in [6.07, 6.45) is -0.803. The maximum absolute atomic E-state index is 9.01. The average molecular weight is 148 g/mol. The third kappa shape index (κ3) is 4.69. The largest absolute Gasteiger partial charge is 0.391 e. The van der Waals surface area contributed by atoms with E-state index in [1.54, 1.807) is 0 Å². The summed E-state index contributed by atoms with van der Waals surface area (Å²) in [5, 5.41) is 17.8. The first kappa shape index (κ1) is 9.84. The first-order chi connectivity index (χ1) is 4.54. The summed E-state index contributed by atoms with van der Waals surface area (Å²) in [7, 11) is 0. The standard InChI is InChI=1S/C6H16N2O2/c1-4(9)5(10)2-3-6(7)8/h4-6,9-10H,2-3,7-8H2,1H3. The predicted molar refractivity (Wildman–Crippen MR) is 39.1 cm³/mol. The van der Waals surface area contributed by atoms with Crippen molar-refractivity contribution in [3.05, 3.63) is 0 Å². The van der Waals surface area contributed by atoms with Gasteiger partial charge in [-0.05, 0) is 19.8 Å². The quantitative estimate of drug-likeness (QED) is 0.375. The molecule has 4 nitrogen and oxygen atoms in total. The Balaban J connectivity index is 3.30. The van der Waals surface area contributed by atoms with Crippen molar-refractivity contribution in [3.63, 3.8) is 0 Å². The Bertz CT molecular complexity index is 85.8. The zero-order valence-electron chi connectivity index (χ0n) is 6.20. The normalized spacial score (nSPS) is 17.4. The molecular weight excluding hydrogens is 132 g/mol. The third-order valence-electron chi connectivity index (χ3n) is 1.35. The summed E-state index contributed by atoms with van der Waals surface area (Å²) in [6, 6.07) is 0. The fraction of sp³-hybridized carbons (Fsp3) is 1.00. The predicted octanol–water partition coefficient (Wildman–Crippen LogP) is -1.25. The van der Waals surface area contributed by atoms with E-state index in [-0.39, 0.29) is 0 Å². The van der Waals surface area contributed by atoms with Gasteiger partial charge in [0.05, 0.1) is 18.4 Å². The molecule has 0 aromatic rings. The summed E-state index contributed by atoms with van der Waals surface area (Å²) in [4.78, 5) is 0. The van der Waals surface area contributed by atoms with E-state index < -0.39 is 18.4 Å². The zero-order valence-corrected chi connectivity index (χ0v) is 6.20. The molecule has 2 atom stereocenters. The molecule has 0 fully saturated rings. The van der Waals surface area contributed by atoms with Crippen molar-refractivity contribution < 1.29 is 10.2 Å². The van der Waals surface area contributed by atoms with Gasteiger partial charge in [-0.15, -0.1) is 0 Å². The Morgan fingerprint density at radius 1 is 1.20 bits per heavy atom. The molecule has 0 aromatic heterocycles. The van der Waals surface area contributed by atoms with Gasteiger partial charge in [0.25, 0.3) is 0 Å². The Kier molecular flexibility index (Phi) is 4.55. The summed E-state index contributed by atoms with van der Waals surface area (Å²) in [6.45, 7) is 1.53. The van der Waals surface area contributed by atoms with E-state index in [0.29, 0.717) is 12.8 Å². The number of hydrogen-bond donors (Lipinski definition) is 4. The molecule has 0 aliphatic heterocycles. The Labute approximate surface area is 60.8 Å². The van der Waals surface area contributed by atoms with E-state index in [4.69, 9.17) is 21.7 Å². The lowest BCUT2D eigenvalue weighted by Crippen LogP contribution is -2.33. The van der Waals surface area contributed by atoms with E-state index in [1.807, 2.05) is 0 Å². The molecule has 0 bridgehead atoms. The van der Waals surface area contributed by atoms with Crippen molar-refractivity contribution in [2.24, 2.45) is 11.5 Å². The summed E-state index contributed by atoms with van der Waals surface area (Å²) < 4.78 is 0. The highest BCUT2D eigenvalue weighted by Gasteiger charge is 2.10. The van der Waals surface area contributed by atoms with Crippen molar-refractivity contribution in [3.8, 4) is 0 Å². The summed E-state index contributed by atoms with van der Waals surface area (Å²) in [5.41, 5.74) is 10.5. The monoisotopic (exact) mass is 148 g/mol. The Hall–Kier alpha value is -0.160. The second-order valence-corrected chi connectivity index (χ2v) is 2.55. The van der Waals surface area contributed by atoms with Gasteiger partial charge in [-0.2, -0.15) is 0 Å². The molecule has 0 aliphatic carbocycles. The summed E-state index contributed by atoms with van der Waals surface area (Å²) in [5.74, 6) is 0. The van der Waals surface area contributed by atoms with Gasteiger partial charge in [0.1, 0.15) is 0 Å². The molecule has 0 aromatic carbocycles. The van der Waals surface area contributed by atoms with E-state index in [2.05, 4.69) is 0 Å². The van der Waals surface area contributed by atoms with Gasteiger partial charge >= 0.3 is 0 Å². The molecular formula is C6H16N2O2. The van der Waals surface area contributed by atoms with E-state index in [0.717, 1.165) is 0 Å². The minimum atomic E-state index is -0.699. The number of aliphatic hydroxyl groups is 2. The molecule has 0 amide bonds. The molecule has 0 aliphatic rings. The fourth-order valence-corrected chi connectivity index (χ4v) is 0.604. The van der Waals surface area contributed by atoms with Crippen molar-refractivity contribution in [1.29, 1.82) is 0 Å². The molecule has 0 radical (unpaired) electrons. The Morgan fingerprint density at radius 3 is 2.00 bits per heavy atom. The van der Waals surface area contributed by atoms with Gasteiger partial charge < -0.3 is 21.7 Å². The van der Waals surface area contributed by atoms with Gasteiger partial charge in [-0.3, -0.25) is 0 Å². The van der Waals surface area contributed by atoms with Crippen LogP contribution in [0.5, 0.6) is 0 Å². The maximum Gasteiger partial charge on any atom is 0.0797 e. The number of rotatable bonds is 4. The van der Waals surface area contributed by atoms with Crippen molar-refractivity contribution in [1.82, 2.24) is 0 Å². The van der Waals surface area contributed by atoms with Crippen LogP contribution < -0.4 is 11.5 Å².